The minimum atomic E-state index is -2.99. The molecule has 84 valence electrons. The Morgan fingerprint density at radius 2 is 2.07 bits per heavy atom. The second-order valence-corrected chi connectivity index (χ2v) is 6.28. The normalized spacial score (nSPS) is 11.9. The van der Waals surface area contributed by atoms with Crippen LogP contribution in [0.5, 0.6) is 0 Å². The molecule has 1 aromatic heterocycles. The third kappa shape index (κ3) is 4.93. The van der Waals surface area contributed by atoms with E-state index in [1.165, 1.54) is 0 Å². The van der Waals surface area contributed by atoms with Crippen molar-refractivity contribution < 1.29 is 8.42 Å². The summed E-state index contributed by atoms with van der Waals surface area (Å²) in [6.45, 7) is 4.05. The summed E-state index contributed by atoms with van der Waals surface area (Å²) in [7, 11) is -2.99. The molecule has 0 aromatic carbocycles. The van der Waals surface area contributed by atoms with E-state index >= 15 is 0 Å². The molecule has 0 aliphatic rings. The van der Waals surface area contributed by atoms with Crippen LogP contribution in [0.25, 0.3) is 0 Å². The van der Waals surface area contributed by atoms with E-state index < -0.39 is 9.84 Å². The van der Waals surface area contributed by atoms with Gasteiger partial charge in [-0.05, 0) is 24.5 Å². The number of hydrogen-bond donors (Lipinski definition) is 0. The van der Waals surface area contributed by atoms with Crippen LogP contribution in [0.3, 0.4) is 0 Å². The lowest BCUT2D eigenvalue weighted by Gasteiger charge is -2.05. The zero-order chi connectivity index (χ0) is 11.3. The third-order valence-corrected chi connectivity index (χ3v) is 3.69. The highest BCUT2D eigenvalue weighted by molar-refractivity contribution is 7.90. The van der Waals surface area contributed by atoms with Gasteiger partial charge in [-0.3, -0.25) is 4.98 Å². The second-order valence-electron chi connectivity index (χ2n) is 4.10. The Bertz CT molecular complexity index is 384. The van der Waals surface area contributed by atoms with Gasteiger partial charge in [0.1, 0.15) is 0 Å². The molecule has 1 heterocycles. The Labute approximate surface area is 91.5 Å². The third-order valence-electron chi connectivity index (χ3n) is 2.10. The molecule has 0 unspecified atom stereocenters. The molecule has 0 saturated heterocycles. The standard InChI is InChI=1S/C11H17NO2S/c1-10(2)6-8-15(13,14)9-11-5-3-4-7-12-11/h3-5,7,10H,6,8-9H2,1-2H3. The lowest BCUT2D eigenvalue weighted by molar-refractivity contribution is 0.572. The topological polar surface area (TPSA) is 47.0 Å². The highest BCUT2D eigenvalue weighted by Crippen LogP contribution is 2.08. The van der Waals surface area contributed by atoms with Crippen molar-refractivity contribution in [1.29, 1.82) is 0 Å². The Kier molecular flexibility index (Phi) is 4.27. The highest BCUT2D eigenvalue weighted by Gasteiger charge is 2.13. The van der Waals surface area contributed by atoms with E-state index in [0.29, 0.717) is 11.6 Å². The van der Waals surface area contributed by atoms with E-state index in [0.717, 1.165) is 6.42 Å². The van der Waals surface area contributed by atoms with Gasteiger partial charge in [0, 0.05) is 6.20 Å². The maximum absolute atomic E-state index is 11.7. The van der Waals surface area contributed by atoms with Gasteiger partial charge in [0.25, 0.3) is 0 Å². The molecule has 0 N–H and O–H groups in total. The number of nitrogens with zero attached hydrogens (tertiary/aromatic N) is 1. The van der Waals surface area contributed by atoms with Crippen LogP contribution in [0.2, 0.25) is 0 Å². The molecule has 0 aliphatic carbocycles. The van der Waals surface area contributed by atoms with E-state index in [1.54, 1.807) is 24.4 Å². The Morgan fingerprint density at radius 3 is 2.60 bits per heavy atom. The van der Waals surface area contributed by atoms with Gasteiger partial charge >= 0.3 is 0 Å². The largest absolute Gasteiger partial charge is 0.260 e. The first-order valence-electron chi connectivity index (χ1n) is 5.10. The van der Waals surface area contributed by atoms with Crippen LogP contribution < -0.4 is 0 Å². The van der Waals surface area contributed by atoms with Crippen molar-refractivity contribution in [3.05, 3.63) is 30.1 Å². The molecule has 0 bridgehead atoms. The fourth-order valence-electron chi connectivity index (χ4n) is 1.20. The number of rotatable bonds is 5. The molecule has 0 saturated carbocycles. The molecule has 4 heteroatoms. The van der Waals surface area contributed by atoms with E-state index in [9.17, 15) is 8.42 Å². The minimum Gasteiger partial charge on any atom is -0.260 e. The molecule has 0 aliphatic heterocycles. The van der Waals surface area contributed by atoms with Crippen molar-refractivity contribution in [3.8, 4) is 0 Å². The average Bonchev–Trinajstić information content (AvgIpc) is 2.16. The molecule has 0 fully saturated rings. The summed E-state index contributed by atoms with van der Waals surface area (Å²) in [5, 5.41) is 0. The van der Waals surface area contributed by atoms with E-state index in [-0.39, 0.29) is 11.5 Å². The van der Waals surface area contributed by atoms with Crippen molar-refractivity contribution in [2.45, 2.75) is 26.0 Å². The van der Waals surface area contributed by atoms with Crippen LogP contribution in [0.15, 0.2) is 24.4 Å². The van der Waals surface area contributed by atoms with E-state index in [4.69, 9.17) is 0 Å². The van der Waals surface area contributed by atoms with Crippen molar-refractivity contribution >= 4 is 9.84 Å². The van der Waals surface area contributed by atoms with E-state index in [1.807, 2.05) is 13.8 Å². The molecule has 0 atom stereocenters. The quantitative estimate of drug-likeness (QED) is 0.773. The van der Waals surface area contributed by atoms with Crippen LogP contribution >= 0.6 is 0 Å². The maximum Gasteiger partial charge on any atom is 0.156 e. The molecule has 15 heavy (non-hydrogen) atoms. The maximum atomic E-state index is 11.7. The average molecular weight is 227 g/mol. The summed E-state index contributed by atoms with van der Waals surface area (Å²) >= 11 is 0. The Balaban J connectivity index is 2.57. The van der Waals surface area contributed by atoms with Gasteiger partial charge in [-0.1, -0.05) is 19.9 Å². The summed E-state index contributed by atoms with van der Waals surface area (Å²) in [6, 6.07) is 5.33. The van der Waals surface area contributed by atoms with Gasteiger partial charge in [0.2, 0.25) is 0 Å². The van der Waals surface area contributed by atoms with Crippen molar-refractivity contribution in [2.24, 2.45) is 5.92 Å². The van der Waals surface area contributed by atoms with Gasteiger partial charge in [0.15, 0.2) is 9.84 Å². The molecular weight excluding hydrogens is 210 g/mol. The number of aromatic nitrogens is 1. The molecule has 1 aromatic rings. The molecule has 0 spiro atoms. The lowest BCUT2D eigenvalue weighted by Crippen LogP contribution is -2.11. The van der Waals surface area contributed by atoms with Crippen molar-refractivity contribution in [2.75, 3.05) is 5.75 Å². The van der Waals surface area contributed by atoms with Gasteiger partial charge in [-0.25, -0.2) is 8.42 Å². The predicted molar refractivity (Wildman–Crippen MR) is 61.2 cm³/mol. The fraction of sp³-hybridized carbons (Fsp3) is 0.545. The van der Waals surface area contributed by atoms with Crippen molar-refractivity contribution in [3.63, 3.8) is 0 Å². The fourth-order valence-corrected chi connectivity index (χ4v) is 2.79. The van der Waals surface area contributed by atoms with Crippen LogP contribution in [0, 0.1) is 5.92 Å². The molecule has 1 rings (SSSR count). The molecular formula is C11H17NO2S. The minimum absolute atomic E-state index is 0.0561. The first kappa shape index (κ1) is 12.2. The predicted octanol–water partition coefficient (Wildman–Crippen LogP) is 2.04. The van der Waals surface area contributed by atoms with Crippen LogP contribution in [-0.2, 0) is 15.6 Å². The van der Waals surface area contributed by atoms with Crippen LogP contribution in [0.4, 0.5) is 0 Å². The van der Waals surface area contributed by atoms with Gasteiger partial charge in [-0.15, -0.1) is 0 Å². The first-order chi connectivity index (χ1) is 6.99. The SMILES string of the molecule is CC(C)CCS(=O)(=O)Cc1ccccn1. The van der Waals surface area contributed by atoms with Crippen LogP contribution in [-0.4, -0.2) is 19.2 Å². The molecule has 0 radical (unpaired) electrons. The smallest absolute Gasteiger partial charge is 0.156 e. The lowest BCUT2D eigenvalue weighted by atomic mass is 10.2. The summed E-state index contributed by atoms with van der Waals surface area (Å²) < 4.78 is 23.3. The van der Waals surface area contributed by atoms with Crippen molar-refractivity contribution in [1.82, 2.24) is 4.98 Å². The summed E-state index contributed by atoms with van der Waals surface area (Å²) in [5.41, 5.74) is 0.626. The molecule has 0 amide bonds. The van der Waals surface area contributed by atoms with Gasteiger partial charge in [-0.2, -0.15) is 0 Å². The summed E-state index contributed by atoms with van der Waals surface area (Å²) in [5.74, 6) is 0.727. The number of pyridine rings is 1. The monoisotopic (exact) mass is 227 g/mol. The summed E-state index contributed by atoms with van der Waals surface area (Å²) in [4.78, 5) is 4.01. The number of hydrogen-bond acceptors (Lipinski definition) is 3. The van der Waals surface area contributed by atoms with E-state index in [2.05, 4.69) is 4.98 Å². The zero-order valence-electron chi connectivity index (χ0n) is 9.18. The zero-order valence-corrected chi connectivity index (χ0v) is 10.00. The van der Waals surface area contributed by atoms with Crippen LogP contribution in [0.1, 0.15) is 26.0 Å². The first-order valence-corrected chi connectivity index (χ1v) is 6.92. The second kappa shape index (κ2) is 5.26. The van der Waals surface area contributed by atoms with Gasteiger partial charge < -0.3 is 0 Å². The molecule has 3 nitrogen and oxygen atoms in total. The highest BCUT2D eigenvalue weighted by atomic mass is 32.2. The Hall–Kier alpha value is -0.900. The van der Waals surface area contributed by atoms with Gasteiger partial charge in [0.05, 0.1) is 17.2 Å². The summed E-state index contributed by atoms with van der Waals surface area (Å²) in [6.07, 6.45) is 2.34. The Morgan fingerprint density at radius 1 is 1.33 bits per heavy atom. The number of sulfone groups is 1.